The number of hydrogen-bond acceptors (Lipinski definition) is 9. The number of H-pyrrole nitrogens is 1. The molecule has 3 aromatic carbocycles. The van der Waals surface area contributed by atoms with Gasteiger partial charge in [0, 0.05) is 62.4 Å². The van der Waals surface area contributed by atoms with Crippen LogP contribution < -0.4 is 37.2 Å². The number of aliphatic carboxylic acids is 1. The molecule has 6 atom stereocenters. The van der Waals surface area contributed by atoms with Crippen LogP contribution in [-0.2, 0) is 52.8 Å². The summed E-state index contributed by atoms with van der Waals surface area (Å²) in [7, 11) is 0. The summed E-state index contributed by atoms with van der Waals surface area (Å²) in [5.41, 5.74) is 2.81. The van der Waals surface area contributed by atoms with Crippen LogP contribution in [-0.4, -0.2) is 123 Å². The molecule has 2 heterocycles. The zero-order chi connectivity index (χ0) is 50.7. The number of carboxylic acids is 1. The molecule has 4 aromatic rings. The number of amides is 8. The van der Waals surface area contributed by atoms with Gasteiger partial charge >= 0.3 is 12.0 Å². The molecule has 1 saturated heterocycles. The summed E-state index contributed by atoms with van der Waals surface area (Å²) in [6.07, 6.45) is 5.62. The Bertz CT molecular complexity index is 2420. The molecule has 10 N–H and O–H groups in total. The molecule has 19 nitrogen and oxygen atoms in total. The summed E-state index contributed by atoms with van der Waals surface area (Å²) in [5.74, 6) is -5.20. The molecule has 1 fully saturated rings. The third-order valence-corrected chi connectivity index (χ3v) is 12.0. The number of aromatic nitrogens is 1. The van der Waals surface area contributed by atoms with Gasteiger partial charge in [0.1, 0.15) is 42.0 Å². The Balaban J connectivity index is 1.16. The molecule has 1 aliphatic rings. The number of urea groups is 1. The van der Waals surface area contributed by atoms with E-state index in [1.165, 1.54) is 26.0 Å². The van der Waals surface area contributed by atoms with E-state index in [4.69, 9.17) is 0 Å². The number of para-hydroxylation sites is 1. The lowest BCUT2D eigenvalue weighted by Gasteiger charge is -2.28. The molecule has 6 unspecified atom stereocenters. The second kappa shape index (κ2) is 26.4. The van der Waals surface area contributed by atoms with Crippen LogP contribution in [0.25, 0.3) is 10.9 Å². The average Bonchev–Trinajstić information content (AvgIpc) is 3.52. The first-order chi connectivity index (χ1) is 33.5. The van der Waals surface area contributed by atoms with E-state index < -0.39 is 77.7 Å². The standard InChI is InChI=1S/C51H67N9O10/c1-31(2)26-40(59-51(70)60-24-12-5-6-13-25-60)48(66)57-42(29-36-30-53-39-17-11-10-16-38(36)39)47(65)55-32(3)45(63)52-23-22-44(62)54-33(4)46(64)56-41(27-35-18-20-37(61)21-19-35)49(67)58-43(50(68)69)28-34-14-8-7-9-15-34/h7-11,14-21,30-33,40-43,53,61H,5-6,12-13,22-29H2,1-4H3,(H,52,63)(H,54,62)(H,55,65)(H,56,64)(H,57,66)(H,58,67)(H,59,70)(H,68,69). The monoisotopic (exact) mass is 966 g/mol. The molecule has 70 heavy (non-hydrogen) atoms. The molecule has 1 aliphatic heterocycles. The first-order valence-corrected chi connectivity index (χ1v) is 23.9. The number of phenolic OH excluding ortho intramolecular Hbond substituents is 1. The first-order valence-electron chi connectivity index (χ1n) is 23.9. The average molecular weight is 966 g/mol. The van der Waals surface area contributed by atoms with Gasteiger partial charge in [-0.25, -0.2) is 9.59 Å². The number of nitrogens with one attached hydrogen (secondary N) is 8. The third-order valence-electron chi connectivity index (χ3n) is 12.0. The van der Waals surface area contributed by atoms with Crippen molar-refractivity contribution in [2.24, 2.45) is 5.92 Å². The van der Waals surface area contributed by atoms with Gasteiger partial charge in [0.05, 0.1) is 0 Å². The van der Waals surface area contributed by atoms with Crippen LogP contribution in [0.4, 0.5) is 4.79 Å². The largest absolute Gasteiger partial charge is 0.508 e. The van der Waals surface area contributed by atoms with Crippen LogP contribution in [0.1, 0.15) is 82.9 Å². The van der Waals surface area contributed by atoms with Crippen molar-refractivity contribution in [3.05, 3.63) is 102 Å². The molecule has 1 aromatic heterocycles. The van der Waals surface area contributed by atoms with Crippen molar-refractivity contribution < 1.29 is 48.6 Å². The number of likely N-dealkylation sites (tertiary alicyclic amines) is 1. The van der Waals surface area contributed by atoms with Gasteiger partial charge in [0.2, 0.25) is 35.4 Å². The number of aromatic amines is 1. The van der Waals surface area contributed by atoms with Crippen molar-refractivity contribution in [1.82, 2.24) is 47.1 Å². The Labute approximate surface area is 407 Å². The number of nitrogens with zero attached hydrogens (tertiary/aromatic N) is 1. The first kappa shape index (κ1) is 53.5. The highest BCUT2D eigenvalue weighted by Crippen LogP contribution is 2.20. The maximum absolute atomic E-state index is 14.0. The fraction of sp³-hybridized carbons (Fsp3) is 0.451. The van der Waals surface area contributed by atoms with E-state index in [1.807, 2.05) is 38.1 Å². The Morgan fingerprint density at radius 2 is 1.14 bits per heavy atom. The van der Waals surface area contributed by atoms with E-state index in [-0.39, 0.29) is 49.9 Å². The van der Waals surface area contributed by atoms with E-state index in [9.17, 15) is 48.6 Å². The van der Waals surface area contributed by atoms with Gasteiger partial charge in [-0.3, -0.25) is 28.8 Å². The normalized spacial score (nSPS) is 15.2. The Morgan fingerprint density at radius 3 is 1.81 bits per heavy atom. The molecule has 0 spiro atoms. The summed E-state index contributed by atoms with van der Waals surface area (Å²) < 4.78 is 0. The van der Waals surface area contributed by atoms with Crippen molar-refractivity contribution in [2.45, 2.75) is 122 Å². The van der Waals surface area contributed by atoms with Crippen molar-refractivity contribution in [1.29, 1.82) is 0 Å². The maximum atomic E-state index is 14.0. The zero-order valence-electron chi connectivity index (χ0n) is 40.2. The molecule has 0 saturated carbocycles. The summed E-state index contributed by atoms with van der Waals surface area (Å²) in [5, 5.41) is 39.2. The topological polar surface area (TPSA) is 280 Å². The second-order valence-corrected chi connectivity index (χ2v) is 18.2. The second-order valence-electron chi connectivity index (χ2n) is 18.2. The maximum Gasteiger partial charge on any atom is 0.326 e. The molecule has 376 valence electrons. The summed E-state index contributed by atoms with van der Waals surface area (Å²) in [6.45, 7) is 7.74. The smallest absolute Gasteiger partial charge is 0.326 e. The van der Waals surface area contributed by atoms with E-state index in [0.29, 0.717) is 30.6 Å². The minimum absolute atomic E-state index is 0.0134. The van der Waals surface area contributed by atoms with Gasteiger partial charge < -0.3 is 57.3 Å². The number of benzene rings is 3. The van der Waals surface area contributed by atoms with Crippen LogP contribution in [0, 0.1) is 5.92 Å². The predicted octanol–water partition coefficient (Wildman–Crippen LogP) is 2.96. The predicted molar refractivity (Wildman–Crippen MR) is 262 cm³/mol. The molecular formula is C51H67N9O10. The lowest BCUT2D eigenvalue weighted by molar-refractivity contribution is -0.142. The SMILES string of the molecule is CC(C)CC(NC(=O)N1CCCCCC1)C(=O)NC(Cc1c[nH]c2ccccc12)C(=O)NC(C)C(=O)NCCC(=O)NC(C)C(=O)NC(Cc1ccc(O)cc1)C(=O)NC(Cc1ccccc1)C(=O)O. The Kier molecular flexibility index (Phi) is 20.1. The number of hydrogen-bond donors (Lipinski definition) is 10. The number of carboxylic acid groups (broad SMARTS) is 1. The Morgan fingerprint density at radius 1 is 0.586 bits per heavy atom. The zero-order valence-corrected chi connectivity index (χ0v) is 40.2. The molecule has 19 heteroatoms. The lowest BCUT2D eigenvalue weighted by Crippen LogP contribution is -2.58. The van der Waals surface area contributed by atoms with Gasteiger partial charge in [-0.2, -0.15) is 0 Å². The summed E-state index contributed by atoms with van der Waals surface area (Å²) in [4.78, 5) is 112. The number of phenols is 1. The minimum atomic E-state index is -1.31. The van der Waals surface area contributed by atoms with Crippen molar-refractivity contribution >= 4 is 58.3 Å². The van der Waals surface area contributed by atoms with E-state index in [0.717, 1.165) is 42.1 Å². The van der Waals surface area contributed by atoms with Gasteiger partial charge in [-0.05, 0) is 73.9 Å². The quantitative estimate of drug-likeness (QED) is 0.0519. The van der Waals surface area contributed by atoms with Crippen LogP contribution in [0.3, 0.4) is 0 Å². The van der Waals surface area contributed by atoms with Crippen LogP contribution in [0.2, 0.25) is 0 Å². The highest BCUT2D eigenvalue weighted by atomic mass is 16.4. The Hall–Kier alpha value is -7.44. The van der Waals surface area contributed by atoms with Gasteiger partial charge in [0.15, 0.2) is 0 Å². The van der Waals surface area contributed by atoms with Crippen LogP contribution >= 0.6 is 0 Å². The number of rotatable bonds is 23. The highest BCUT2D eigenvalue weighted by Gasteiger charge is 2.32. The minimum Gasteiger partial charge on any atom is -0.508 e. The summed E-state index contributed by atoms with van der Waals surface area (Å²) in [6, 6.07) is 14.9. The third kappa shape index (κ3) is 16.7. The number of aromatic hydroxyl groups is 1. The van der Waals surface area contributed by atoms with E-state index in [2.05, 4.69) is 42.2 Å². The van der Waals surface area contributed by atoms with Gasteiger partial charge in [0.25, 0.3) is 0 Å². The lowest BCUT2D eigenvalue weighted by atomic mass is 10.0. The summed E-state index contributed by atoms with van der Waals surface area (Å²) >= 11 is 0. The number of fused-ring (bicyclic) bond motifs is 1. The molecule has 8 amide bonds. The molecule has 0 aliphatic carbocycles. The van der Waals surface area contributed by atoms with Crippen LogP contribution in [0.5, 0.6) is 5.75 Å². The van der Waals surface area contributed by atoms with Crippen LogP contribution in [0.15, 0.2) is 85.1 Å². The van der Waals surface area contributed by atoms with Crippen molar-refractivity contribution in [2.75, 3.05) is 19.6 Å². The van der Waals surface area contributed by atoms with Crippen molar-refractivity contribution in [3.63, 3.8) is 0 Å². The molecule has 5 rings (SSSR count). The van der Waals surface area contributed by atoms with E-state index in [1.54, 1.807) is 53.6 Å². The number of carbonyl (C=O) groups is 8. The van der Waals surface area contributed by atoms with Gasteiger partial charge in [-0.1, -0.05) is 87.4 Å². The molecule has 0 bridgehead atoms. The van der Waals surface area contributed by atoms with Crippen molar-refractivity contribution in [3.8, 4) is 5.75 Å². The fourth-order valence-corrected chi connectivity index (χ4v) is 8.13. The highest BCUT2D eigenvalue weighted by molar-refractivity contribution is 5.96. The van der Waals surface area contributed by atoms with E-state index >= 15 is 0 Å². The molecule has 0 radical (unpaired) electrons. The number of carbonyl (C=O) groups excluding carboxylic acids is 7. The molecular weight excluding hydrogens is 899 g/mol. The van der Waals surface area contributed by atoms with Gasteiger partial charge in [-0.15, -0.1) is 0 Å². The fourth-order valence-electron chi connectivity index (χ4n) is 8.13.